The minimum atomic E-state index is 0. The van der Waals surface area contributed by atoms with Gasteiger partial charge in [-0.3, -0.25) is 5.10 Å². The molecule has 0 aromatic carbocycles. The molecule has 0 aliphatic rings. The lowest BCUT2D eigenvalue weighted by molar-refractivity contribution is 1.09. The highest BCUT2D eigenvalue weighted by Crippen LogP contribution is 2.29. The number of halogens is 2. The van der Waals surface area contributed by atoms with E-state index in [1.54, 1.807) is 6.20 Å². The minimum Gasteiger partial charge on any atom is -0.375 e. The van der Waals surface area contributed by atoms with Gasteiger partial charge in [0.2, 0.25) is 0 Å². The average molecular weight is 253 g/mol. The van der Waals surface area contributed by atoms with E-state index < -0.39 is 0 Å². The molecule has 2 aromatic heterocycles. The lowest BCUT2D eigenvalue weighted by Crippen LogP contribution is -1.80. The lowest BCUT2D eigenvalue weighted by atomic mass is 10.2. The second kappa shape index (κ2) is 5.19. The molecule has 2 heterocycles. The summed E-state index contributed by atoms with van der Waals surface area (Å²) in [6.07, 6.45) is 3.60. The van der Waals surface area contributed by atoms with E-state index in [1.807, 2.05) is 13.1 Å². The monoisotopic (exact) mass is 252 g/mol. The molecule has 0 aliphatic carbocycles. The van der Waals surface area contributed by atoms with Crippen molar-refractivity contribution in [1.82, 2.24) is 15.2 Å². The number of nitrogens with two attached hydrogens (primary N) is 1. The number of aromatic nitrogens is 3. The number of nitrogen functional groups attached to an aromatic ring is 1. The van der Waals surface area contributed by atoms with E-state index >= 15 is 0 Å². The van der Waals surface area contributed by atoms with Crippen LogP contribution in [-0.2, 0) is 0 Å². The summed E-state index contributed by atoms with van der Waals surface area (Å²) >= 11 is 1.48. The highest BCUT2D eigenvalue weighted by molar-refractivity contribution is 7.18. The fourth-order valence-corrected chi connectivity index (χ4v) is 1.87. The summed E-state index contributed by atoms with van der Waals surface area (Å²) in [4.78, 5) is 5.21. The number of nitrogens with one attached hydrogen (secondary N) is 1. The zero-order chi connectivity index (χ0) is 8.55. The van der Waals surface area contributed by atoms with Gasteiger partial charge in [-0.15, -0.1) is 24.8 Å². The summed E-state index contributed by atoms with van der Waals surface area (Å²) in [5, 5.41) is 7.22. The molecule has 0 spiro atoms. The van der Waals surface area contributed by atoms with Crippen molar-refractivity contribution < 1.29 is 0 Å². The molecule has 2 rings (SSSR count). The molecule has 0 aliphatic heterocycles. The predicted molar refractivity (Wildman–Crippen MR) is 63.3 cm³/mol. The molecule has 7 heteroatoms. The number of anilines is 1. The SMILES string of the molecule is Cc1nc(N)sc1-c1cn[nH]c1.Cl.Cl. The topological polar surface area (TPSA) is 67.6 Å². The maximum absolute atomic E-state index is 5.56. The Morgan fingerprint density at radius 3 is 2.57 bits per heavy atom. The molecule has 0 atom stereocenters. The zero-order valence-corrected chi connectivity index (χ0v) is 9.80. The highest BCUT2D eigenvalue weighted by atomic mass is 35.5. The summed E-state index contributed by atoms with van der Waals surface area (Å²) in [7, 11) is 0. The molecular formula is C7H10Cl2N4S. The van der Waals surface area contributed by atoms with E-state index in [-0.39, 0.29) is 24.8 Å². The maximum atomic E-state index is 5.56. The van der Waals surface area contributed by atoms with Gasteiger partial charge in [0.05, 0.1) is 16.8 Å². The summed E-state index contributed by atoms with van der Waals surface area (Å²) in [6, 6.07) is 0. The van der Waals surface area contributed by atoms with Crippen LogP contribution in [0, 0.1) is 6.92 Å². The van der Waals surface area contributed by atoms with E-state index in [4.69, 9.17) is 5.73 Å². The van der Waals surface area contributed by atoms with Crippen LogP contribution in [0.4, 0.5) is 5.13 Å². The lowest BCUT2D eigenvalue weighted by Gasteiger charge is -1.88. The van der Waals surface area contributed by atoms with E-state index in [0.29, 0.717) is 5.13 Å². The minimum absolute atomic E-state index is 0. The van der Waals surface area contributed by atoms with Crippen molar-refractivity contribution in [3.05, 3.63) is 18.1 Å². The first-order valence-electron chi connectivity index (χ1n) is 3.49. The van der Waals surface area contributed by atoms with Crippen molar-refractivity contribution >= 4 is 41.3 Å². The van der Waals surface area contributed by atoms with Gasteiger partial charge in [0.15, 0.2) is 5.13 Å². The van der Waals surface area contributed by atoms with Crippen LogP contribution >= 0.6 is 36.2 Å². The Morgan fingerprint density at radius 2 is 2.14 bits per heavy atom. The quantitative estimate of drug-likeness (QED) is 0.819. The van der Waals surface area contributed by atoms with Crippen LogP contribution in [-0.4, -0.2) is 15.2 Å². The highest BCUT2D eigenvalue weighted by Gasteiger charge is 2.07. The fraction of sp³-hybridized carbons (Fsp3) is 0.143. The molecule has 0 saturated heterocycles. The number of hydrogen-bond donors (Lipinski definition) is 2. The van der Waals surface area contributed by atoms with Crippen LogP contribution in [0.15, 0.2) is 12.4 Å². The number of aromatic amines is 1. The van der Waals surface area contributed by atoms with E-state index in [1.165, 1.54) is 11.3 Å². The second-order valence-corrected chi connectivity index (χ2v) is 3.48. The largest absolute Gasteiger partial charge is 0.375 e. The standard InChI is InChI=1S/C7H8N4S.2ClH/c1-4-6(12-7(8)11-4)5-2-9-10-3-5;;/h2-3H,1H3,(H2,8,11)(H,9,10);2*1H. The summed E-state index contributed by atoms with van der Waals surface area (Å²) < 4.78 is 0. The Labute approximate surface area is 97.8 Å². The van der Waals surface area contributed by atoms with Crippen LogP contribution in [0.1, 0.15) is 5.69 Å². The molecule has 0 fully saturated rings. The van der Waals surface area contributed by atoms with Gasteiger partial charge in [-0.05, 0) is 6.92 Å². The first kappa shape index (κ1) is 13.2. The van der Waals surface area contributed by atoms with Crippen LogP contribution in [0.3, 0.4) is 0 Å². The van der Waals surface area contributed by atoms with Crippen LogP contribution in [0.2, 0.25) is 0 Å². The van der Waals surface area contributed by atoms with Gasteiger partial charge >= 0.3 is 0 Å². The number of hydrogen-bond acceptors (Lipinski definition) is 4. The van der Waals surface area contributed by atoms with Gasteiger partial charge in [-0.2, -0.15) is 5.10 Å². The Bertz CT molecular complexity index is 384. The van der Waals surface area contributed by atoms with Crippen molar-refractivity contribution in [2.75, 3.05) is 5.73 Å². The van der Waals surface area contributed by atoms with Crippen LogP contribution in [0.5, 0.6) is 0 Å². The van der Waals surface area contributed by atoms with Gasteiger partial charge in [0.1, 0.15) is 0 Å². The smallest absolute Gasteiger partial charge is 0.180 e. The third-order valence-corrected chi connectivity index (χ3v) is 2.61. The Balaban J connectivity index is 0.000000845. The molecule has 0 unspecified atom stereocenters. The van der Waals surface area contributed by atoms with Gasteiger partial charge < -0.3 is 5.73 Å². The molecule has 14 heavy (non-hydrogen) atoms. The summed E-state index contributed by atoms with van der Waals surface area (Å²) in [6.45, 7) is 1.94. The number of H-pyrrole nitrogens is 1. The number of rotatable bonds is 1. The van der Waals surface area contributed by atoms with Gasteiger partial charge in [0.25, 0.3) is 0 Å². The van der Waals surface area contributed by atoms with Gasteiger partial charge in [0, 0.05) is 11.8 Å². The molecule has 0 radical (unpaired) electrons. The normalized spacial score (nSPS) is 8.93. The molecule has 0 saturated carbocycles. The Morgan fingerprint density at radius 1 is 1.43 bits per heavy atom. The first-order chi connectivity index (χ1) is 5.77. The predicted octanol–water partition coefficient (Wildman–Crippen LogP) is 2.27. The number of aryl methyl sites for hydroxylation is 1. The van der Waals surface area contributed by atoms with Crippen LogP contribution < -0.4 is 5.73 Å². The number of thiazole rings is 1. The Kier molecular flexibility index (Phi) is 4.90. The molecule has 4 nitrogen and oxygen atoms in total. The van der Waals surface area contributed by atoms with Crippen molar-refractivity contribution in [3.8, 4) is 10.4 Å². The van der Waals surface area contributed by atoms with Gasteiger partial charge in [-0.25, -0.2) is 4.98 Å². The van der Waals surface area contributed by atoms with Crippen LogP contribution in [0.25, 0.3) is 10.4 Å². The molecule has 0 bridgehead atoms. The molecule has 0 amide bonds. The summed E-state index contributed by atoms with van der Waals surface area (Å²) in [5.41, 5.74) is 7.56. The third-order valence-electron chi connectivity index (χ3n) is 1.57. The van der Waals surface area contributed by atoms with Crippen molar-refractivity contribution in [3.63, 3.8) is 0 Å². The van der Waals surface area contributed by atoms with Crippen molar-refractivity contribution in [1.29, 1.82) is 0 Å². The number of nitrogens with zero attached hydrogens (tertiary/aromatic N) is 2. The maximum Gasteiger partial charge on any atom is 0.180 e. The average Bonchev–Trinajstić information content (AvgIpc) is 2.58. The van der Waals surface area contributed by atoms with E-state index in [2.05, 4.69) is 15.2 Å². The zero-order valence-electron chi connectivity index (χ0n) is 7.35. The second-order valence-electron chi connectivity index (χ2n) is 2.45. The third kappa shape index (κ3) is 2.37. The molecule has 78 valence electrons. The van der Waals surface area contributed by atoms with Crippen molar-refractivity contribution in [2.45, 2.75) is 6.92 Å². The fourth-order valence-electron chi connectivity index (χ4n) is 1.06. The van der Waals surface area contributed by atoms with E-state index in [0.717, 1.165) is 16.1 Å². The van der Waals surface area contributed by atoms with Gasteiger partial charge in [-0.1, -0.05) is 11.3 Å². The Hall–Kier alpha value is -0.780. The summed E-state index contributed by atoms with van der Waals surface area (Å²) in [5.74, 6) is 0. The van der Waals surface area contributed by atoms with E-state index in [9.17, 15) is 0 Å². The van der Waals surface area contributed by atoms with Crippen molar-refractivity contribution in [2.24, 2.45) is 0 Å². The molecular weight excluding hydrogens is 243 g/mol. The first-order valence-corrected chi connectivity index (χ1v) is 4.31. The molecule has 3 N–H and O–H groups in total. The molecule has 2 aromatic rings.